The molecule has 9 heteroatoms. The smallest absolute Gasteiger partial charge is 0.191 e. The van der Waals surface area contributed by atoms with E-state index in [4.69, 9.17) is 9.73 Å². The van der Waals surface area contributed by atoms with Gasteiger partial charge in [-0.05, 0) is 51.3 Å². The molecule has 32 heavy (non-hydrogen) atoms. The normalized spacial score (nSPS) is 15.3. The van der Waals surface area contributed by atoms with Gasteiger partial charge in [0.25, 0.3) is 0 Å². The average molecular weight is 576 g/mol. The van der Waals surface area contributed by atoms with E-state index >= 15 is 0 Å². The maximum absolute atomic E-state index is 13.9. The lowest BCUT2D eigenvalue weighted by Crippen LogP contribution is -2.48. The molecule has 0 aliphatic carbocycles. The molecule has 1 aliphatic heterocycles. The summed E-state index contributed by atoms with van der Waals surface area (Å²) >= 11 is 1.76. The molecule has 0 atom stereocenters. The van der Waals surface area contributed by atoms with Crippen LogP contribution >= 0.6 is 35.3 Å². The first-order valence-corrected chi connectivity index (χ1v) is 11.8. The van der Waals surface area contributed by atoms with Crippen LogP contribution in [0.15, 0.2) is 23.2 Å². The Bertz CT molecular complexity index is 883. The highest BCUT2D eigenvalue weighted by Gasteiger charge is 2.20. The van der Waals surface area contributed by atoms with Crippen molar-refractivity contribution in [2.75, 3.05) is 33.3 Å². The number of nitrogens with one attached hydrogen (secondary N) is 2. The summed E-state index contributed by atoms with van der Waals surface area (Å²) < 4.78 is 18.9. The molecule has 1 fully saturated rings. The second kappa shape index (κ2) is 13.3. The Labute approximate surface area is 212 Å². The van der Waals surface area contributed by atoms with Gasteiger partial charge in [0.05, 0.1) is 17.8 Å². The number of piperidine rings is 1. The third kappa shape index (κ3) is 7.84. The second-order valence-corrected chi connectivity index (χ2v) is 9.20. The summed E-state index contributed by atoms with van der Waals surface area (Å²) in [6.45, 7) is 10.5. The molecular formula is C23H35FIN5OS. The van der Waals surface area contributed by atoms with Gasteiger partial charge >= 0.3 is 0 Å². The van der Waals surface area contributed by atoms with E-state index in [1.54, 1.807) is 23.5 Å². The zero-order chi connectivity index (χ0) is 22.2. The highest BCUT2D eigenvalue weighted by Crippen LogP contribution is 2.20. The number of rotatable bonds is 8. The van der Waals surface area contributed by atoms with Crippen molar-refractivity contribution in [1.82, 2.24) is 20.5 Å². The SMILES string of the molecule is CCNC(=NCCc1sc(C)nc1C)NC1CCN(Cc2ccc(OC)c(F)c2)CC1.I. The number of halogens is 2. The van der Waals surface area contributed by atoms with Crippen molar-refractivity contribution in [2.24, 2.45) is 4.99 Å². The average Bonchev–Trinajstić information content (AvgIpc) is 3.06. The number of methoxy groups -OCH3 is 1. The van der Waals surface area contributed by atoms with Crippen LogP contribution in [0.1, 0.15) is 40.9 Å². The minimum atomic E-state index is -0.299. The van der Waals surface area contributed by atoms with Gasteiger partial charge in [-0.1, -0.05) is 6.07 Å². The summed E-state index contributed by atoms with van der Waals surface area (Å²) in [5, 5.41) is 8.07. The fourth-order valence-corrected chi connectivity index (χ4v) is 4.82. The topological polar surface area (TPSA) is 61.8 Å². The second-order valence-electron chi connectivity index (χ2n) is 7.92. The van der Waals surface area contributed by atoms with Crippen LogP contribution in [-0.4, -0.2) is 55.2 Å². The van der Waals surface area contributed by atoms with Crippen LogP contribution in [-0.2, 0) is 13.0 Å². The predicted octanol–water partition coefficient (Wildman–Crippen LogP) is 4.29. The number of aromatic nitrogens is 1. The van der Waals surface area contributed by atoms with Gasteiger partial charge in [0.2, 0.25) is 0 Å². The summed E-state index contributed by atoms with van der Waals surface area (Å²) in [6, 6.07) is 5.61. The number of ether oxygens (including phenoxy) is 1. The molecule has 0 saturated carbocycles. The van der Waals surface area contributed by atoms with E-state index in [1.807, 2.05) is 13.0 Å². The Kier molecular flexibility index (Phi) is 11.1. The largest absolute Gasteiger partial charge is 0.494 e. The van der Waals surface area contributed by atoms with Crippen LogP contribution in [0.4, 0.5) is 4.39 Å². The molecule has 0 unspecified atom stereocenters. The number of benzene rings is 1. The quantitative estimate of drug-likeness (QED) is 0.280. The molecule has 1 aromatic carbocycles. The van der Waals surface area contributed by atoms with Gasteiger partial charge in [-0.15, -0.1) is 35.3 Å². The van der Waals surface area contributed by atoms with E-state index < -0.39 is 0 Å². The van der Waals surface area contributed by atoms with Crippen LogP contribution in [0.25, 0.3) is 0 Å². The minimum absolute atomic E-state index is 0. The van der Waals surface area contributed by atoms with E-state index in [0.717, 1.165) is 74.2 Å². The molecule has 0 bridgehead atoms. The lowest BCUT2D eigenvalue weighted by atomic mass is 10.0. The summed E-state index contributed by atoms with van der Waals surface area (Å²) in [7, 11) is 1.49. The number of likely N-dealkylation sites (tertiary alicyclic amines) is 1. The summed E-state index contributed by atoms with van der Waals surface area (Å²) in [5.74, 6) is 0.881. The Morgan fingerprint density at radius 3 is 2.66 bits per heavy atom. The first-order chi connectivity index (χ1) is 15.0. The van der Waals surface area contributed by atoms with Crippen molar-refractivity contribution >= 4 is 41.3 Å². The van der Waals surface area contributed by atoms with Crippen molar-refractivity contribution in [3.8, 4) is 5.75 Å². The lowest BCUT2D eigenvalue weighted by molar-refractivity contribution is 0.198. The molecule has 2 N–H and O–H groups in total. The fourth-order valence-electron chi connectivity index (χ4n) is 3.89. The van der Waals surface area contributed by atoms with Gasteiger partial charge in [0.1, 0.15) is 0 Å². The molecule has 3 rings (SSSR count). The highest BCUT2D eigenvalue weighted by atomic mass is 127. The molecule has 1 aliphatic rings. The van der Waals surface area contributed by atoms with Gasteiger partial charge in [-0.2, -0.15) is 0 Å². The number of hydrogen-bond acceptors (Lipinski definition) is 5. The van der Waals surface area contributed by atoms with E-state index in [9.17, 15) is 4.39 Å². The monoisotopic (exact) mass is 575 g/mol. The van der Waals surface area contributed by atoms with Gasteiger partial charge in [0.15, 0.2) is 17.5 Å². The minimum Gasteiger partial charge on any atom is -0.494 e. The van der Waals surface area contributed by atoms with E-state index in [2.05, 4.69) is 34.4 Å². The van der Waals surface area contributed by atoms with Crippen LogP contribution < -0.4 is 15.4 Å². The van der Waals surface area contributed by atoms with Crippen LogP contribution in [0.5, 0.6) is 5.75 Å². The zero-order valence-corrected chi connectivity index (χ0v) is 22.6. The van der Waals surface area contributed by atoms with E-state index in [1.165, 1.54) is 12.0 Å². The Morgan fingerprint density at radius 2 is 2.06 bits per heavy atom. The van der Waals surface area contributed by atoms with Gasteiger partial charge < -0.3 is 15.4 Å². The molecule has 2 heterocycles. The van der Waals surface area contributed by atoms with Gasteiger partial charge in [0, 0.05) is 50.1 Å². The predicted molar refractivity (Wildman–Crippen MR) is 141 cm³/mol. The Balaban J connectivity index is 0.00000363. The van der Waals surface area contributed by atoms with E-state index in [0.29, 0.717) is 11.8 Å². The summed E-state index contributed by atoms with van der Waals surface area (Å²) in [6.07, 6.45) is 3.00. The third-order valence-electron chi connectivity index (χ3n) is 5.50. The molecule has 0 radical (unpaired) electrons. The molecule has 178 valence electrons. The number of nitrogens with zero attached hydrogens (tertiary/aromatic N) is 3. The molecule has 1 saturated heterocycles. The van der Waals surface area contributed by atoms with Gasteiger partial charge in [-0.25, -0.2) is 9.37 Å². The fraction of sp³-hybridized carbons (Fsp3) is 0.565. The zero-order valence-electron chi connectivity index (χ0n) is 19.4. The Morgan fingerprint density at radius 1 is 1.31 bits per heavy atom. The Hall–Kier alpha value is -1.46. The molecule has 0 spiro atoms. The summed E-state index contributed by atoms with van der Waals surface area (Å²) in [4.78, 5) is 13.0. The van der Waals surface area contributed by atoms with Crippen molar-refractivity contribution in [3.05, 3.63) is 45.2 Å². The molecule has 6 nitrogen and oxygen atoms in total. The third-order valence-corrected chi connectivity index (χ3v) is 6.64. The number of hydrogen-bond donors (Lipinski definition) is 2. The number of aryl methyl sites for hydroxylation is 2. The van der Waals surface area contributed by atoms with Crippen molar-refractivity contribution < 1.29 is 9.13 Å². The highest BCUT2D eigenvalue weighted by molar-refractivity contribution is 14.0. The van der Waals surface area contributed by atoms with E-state index in [-0.39, 0.29) is 29.8 Å². The van der Waals surface area contributed by atoms with Crippen molar-refractivity contribution in [2.45, 2.75) is 52.6 Å². The molecule has 0 amide bonds. The van der Waals surface area contributed by atoms with Crippen LogP contribution in [0, 0.1) is 19.7 Å². The van der Waals surface area contributed by atoms with Crippen molar-refractivity contribution in [1.29, 1.82) is 0 Å². The maximum atomic E-state index is 13.9. The van der Waals surface area contributed by atoms with Crippen LogP contribution in [0.3, 0.4) is 0 Å². The standard InChI is InChI=1S/C23H34FN5OS.HI/c1-5-25-23(26-11-8-22-16(2)27-17(3)31-22)28-19-9-12-29(13-10-19)15-18-6-7-21(30-4)20(24)14-18;/h6-7,14,19H,5,8-13,15H2,1-4H3,(H2,25,26,28);1H. The first kappa shape index (κ1) is 26.8. The van der Waals surface area contributed by atoms with Crippen molar-refractivity contribution in [3.63, 3.8) is 0 Å². The van der Waals surface area contributed by atoms with Gasteiger partial charge in [-0.3, -0.25) is 9.89 Å². The lowest BCUT2D eigenvalue weighted by Gasteiger charge is -2.33. The molecule has 2 aromatic rings. The number of aliphatic imine (C=N–C) groups is 1. The number of guanidine groups is 1. The van der Waals surface area contributed by atoms with Crippen LogP contribution in [0.2, 0.25) is 0 Å². The maximum Gasteiger partial charge on any atom is 0.191 e. The first-order valence-electron chi connectivity index (χ1n) is 11.0. The number of thiazole rings is 1. The molecule has 1 aromatic heterocycles. The molecular weight excluding hydrogens is 540 g/mol. The summed E-state index contributed by atoms with van der Waals surface area (Å²) in [5.41, 5.74) is 2.10.